The van der Waals surface area contributed by atoms with Gasteiger partial charge in [-0.15, -0.1) is 0 Å². The highest BCUT2D eigenvalue weighted by Gasteiger charge is 2.20. The predicted molar refractivity (Wildman–Crippen MR) is 107 cm³/mol. The van der Waals surface area contributed by atoms with Crippen LogP contribution in [0.5, 0.6) is 11.5 Å². The summed E-state index contributed by atoms with van der Waals surface area (Å²) in [7, 11) is 1.57. The van der Waals surface area contributed by atoms with Crippen LogP contribution in [0.2, 0.25) is 0 Å². The fraction of sp³-hybridized carbons (Fsp3) is 0.364. The summed E-state index contributed by atoms with van der Waals surface area (Å²) in [6.45, 7) is 2.80. The molecule has 3 rings (SSSR count). The van der Waals surface area contributed by atoms with Gasteiger partial charge >= 0.3 is 5.97 Å². The molecule has 0 bridgehead atoms. The number of benzene rings is 2. The normalized spacial score (nSPS) is 16.7. The zero-order valence-corrected chi connectivity index (χ0v) is 16.6. The minimum Gasteiger partial charge on any atom is -0.497 e. The number of carbonyl (C=O) groups excluding carboxylic acids is 2. The molecular weight excluding hydrogens is 374 g/mol. The number of nitrogens with one attached hydrogen (secondary N) is 1. The SMILES string of the molecule is COc1ccc(NC(=O)C(C)OC(=O)c2ccc(OCC3CCCO3)cc2)cc1. The van der Waals surface area contributed by atoms with Gasteiger partial charge in [0.1, 0.15) is 18.1 Å². The zero-order valence-electron chi connectivity index (χ0n) is 16.6. The van der Waals surface area contributed by atoms with Gasteiger partial charge in [0.2, 0.25) is 0 Å². The van der Waals surface area contributed by atoms with Crippen LogP contribution in [0.4, 0.5) is 5.69 Å². The minimum absolute atomic E-state index is 0.129. The molecule has 1 aliphatic heterocycles. The second kappa shape index (κ2) is 9.93. The first-order valence-corrected chi connectivity index (χ1v) is 9.55. The van der Waals surface area contributed by atoms with Gasteiger partial charge < -0.3 is 24.3 Å². The smallest absolute Gasteiger partial charge is 0.338 e. The van der Waals surface area contributed by atoms with Crippen LogP contribution in [0.25, 0.3) is 0 Å². The van der Waals surface area contributed by atoms with E-state index in [1.807, 2.05) is 0 Å². The fourth-order valence-electron chi connectivity index (χ4n) is 2.85. The van der Waals surface area contributed by atoms with Crippen molar-refractivity contribution in [1.82, 2.24) is 0 Å². The van der Waals surface area contributed by atoms with E-state index in [-0.39, 0.29) is 6.10 Å². The first-order valence-electron chi connectivity index (χ1n) is 9.55. The molecule has 2 aromatic carbocycles. The van der Waals surface area contributed by atoms with Gasteiger partial charge in [-0.1, -0.05) is 0 Å². The Morgan fingerprint density at radius 1 is 1.10 bits per heavy atom. The van der Waals surface area contributed by atoms with Crippen LogP contribution in [0, 0.1) is 0 Å². The molecule has 1 heterocycles. The first-order chi connectivity index (χ1) is 14.0. The molecule has 7 nitrogen and oxygen atoms in total. The molecule has 0 saturated carbocycles. The summed E-state index contributed by atoms with van der Waals surface area (Å²) < 4.78 is 21.5. The number of anilines is 1. The predicted octanol–water partition coefficient (Wildman–Crippen LogP) is 3.44. The second-order valence-corrected chi connectivity index (χ2v) is 6.74. The lowest BCUT2D eigenvalue weighted by Crippen LogP contribution is -2.30. The van der Waals surface area contributed by atoms with Gasteiger partial charge in [0.25, 0.3) is 5.91 Å². The van der Waals surface area contributed by atoms with Gasteiger partial charge in [-0.05, 0) is 68.3 Å². The highest BCUT2D eigenvalue weighted by Crippen LogP contribution is 2.18. The number of carbonyl (C=O) groups is 2. The summed E-state index contributed by atoms with van der Waals surface area (Å²) >= 11 is 0. The largest absolute Gasteiger partial charge is 0.497 e. The van der Waals surface area contributed by atoms with Gasteiger partial charge in [0, 0.05) is 12.3 Å². The van der Waals surface area contributed by atoms with Gasteiger partial charge in [-0.3, -0.25) is 4.79 Å². The number of hydrogen-bond donors (Lipinski definition) is 1. The number of amides is 1. The molecule has 0 spiro atoms. The summed E-state index contributed by atoms with van der Waals surface area (Å²) in [6.07, 6.45) is 1.24. The highest BCUT2D eigenvalue weighted by atomic mass is 16.5. The van der Waals surface area contributed by atoms with E-state index in [1.54, 1.807) is 55.6 Å². The third-order valence-electron chi connectivity index (χ3n) is 4.56. The lowest BCUT2D eigenvalue weighted by Gasteiger charge is -2.14. The summed E-state index contributed by atoms with van der Waals surface area (Å²) in [6, 6.07) is 13.5. The summed E-state index contributed by atoms with van der Waals surface area (Å²) in [5, 5.41) is 2.70. The standard InChI is InChI=1S/C22H25NO6/c1-15(21(24)23-17-7-11-18(26-2)12-8-17)29-22(25)16-5-9-19(10-6-16)28-14-20-4-3-13-27-20/h5-12,15,20H,3-4,13-14H2,1-2H3,(H,23,24). The van der Waals surface area contributed by atoms with E-state index in [4.69, 9.17) is 18.9 Å². The summed E-state index contributed by atoms with van der Waals surface area (Å²) in [5.74, 6) is 0.348. The van der Waals surface area contributed by atoms with Gasteiger partial charge in [0.15, 0.2) is 6.10 Å². The number of rotatable bonds is 8. The van der Waals surface area contributed by atoms with Crippen LogP contribution in [0.15, 0.2) is 48.5 Å². The van der Waals surface area contributed by atoms with Crippen LogP contribution >= 0.6 is 0 Å². The maximum Gasteiger partial charge on any atom is 0.338 e. The van der Waals surface area contributed by atoms with Crippen LogP contribution in [-0.4, -0.2) is 44.4 Å². The van der Waals surface area contributed by atoms with E-state index in [1.165, 1.54) is 6.92 Å². The van der Waals surface area contributed by atoms with E-state index in [9.17, 15) is 9.59 Å². The summed E-state index contributed by atoms with van der Waals surface area (Å²) in [5.41, 5.74) is 0.935. The molecule has 1 saturated heterocycles. The molecule has 0 aliphatic carbocycles. The molecule has 0 radical (unpaired) electrons. The quantitative estimate of drug-likeness (QED) is 0.685. The summed E-state index contributed by atoms with van der Waals surface area (Å²) in [4.78, 5) is 24.5. The van der Waals surface area contributed by atoms with E-state index >= 15 is 0 Å². The number of hydrogen-bond acceptors (Lipinski definition) is 6. The molecule has 1 N–H and O–H groups in total. The van der Waals surface area contributed by atoms with E-state index in [2.05, 4.69) is 5.32 Å². The van der Waals surface area contributed by atoms with Gasteiger partial charge in [0.05, 0.1) is 18.8 Å². The Bertz CT molecular complexity index is 812. The van der Waals surface area contributed by atoms with Crippen molar-refractivity contribution in [3.05, 3.63) is 54.1 Å². The number of esters is 1. The third-order valence-corrected chi connectivity index (χ3v) is 4.56. The Morgan fingerprint density at radius 2 is 1.79 bits per heavy atom. The van der Waals surface area contributed by atoms with Crippen molar-refractivity contribution in [3.8, 4) is 11.5 Å². The molecule has 1 fully saturated rings. The van der Waals surface area contributed by atoms with Crippen LogP contribution in [0.1, 0.15) is 30.1 Å². The van der Waals surface area contributed by atoms with Crippen molar-refractivity contribution in [1.29, 1.82) is 0 Å². The first kappa shape index (κ1) is 20.7. The second-order valence-electron chi connectivity index (χ2n) is 6.74. The Morgan fingerprint density at radius 3 is 2.41 bits per heavy atom. The lowest BCUT2D eigenvalue weighted by atomic mass is 10.2. The van der Waals surface area contributed by atoms with Crippen molar-refractivity contribution < 1.29 is 28.5 Å². The van der Waals surface area contributed by atoms with Crippen molar-refractivity contribution in [3.63, 3.8) is 0 Å². The Balaban J connectivity index is 1.48. The van der Waals surface area contributed by atoms with Crippen LogP contribution in [0.3, 0.4) is 0 Å². The van der Waals surface area contributed by atoms with E-state index in [0.717, 1.165) is 19.4 Å². The molecule has 1 amide bonds. The Kier molecular flexibility index (Phi) is 7.08. The molecule has 29 heavy (non-hydrogen) atoms. The molecule has 2 aromatic rings. The Labute approximate surface area is 169 Å². The molecule has 1 aliphatic rings. The maximum absolute atomic E-state index is 12.3. The average Bonchev–Trinajstić information content (AvgIpc) is 3.26. The zero-order chi connectivity index (χ0) is 20.6. The average molecular weight is 399 g/mol. The van der Waals surface area contributed by atoms with E-state index in [0.29, 0.717) is 29.4 Å². The minimum atomic E-state index is -0.944. The molecule has 0 aromatic heterocycles. The molecule has 154 valence electrons. The molecular formula is C22H25NO6. The van der Waals surface area contributed by atoms with Crippen molar-refractivity contribution in [2.45, 2.75) is 32.0 Å². The molecule has 2 atom stereocenters. The van der Waals surface area contributed by atoms with Crippen molar-refractivity contribution in [2.24, 2.45) is 0 Å². The number of methoxy groups -OCH3 is 1. The molecule has 2 unspecified atom stereocenters. The Hall–Kier alpha value is -3.06. The van der Waals surface area contributed by atoms with Crippen LogP contribution in [-0.2, 0) is 14.3 Å². The van der Waals surface area contributed by atoms with Crippen molar-refractivity contribution >= 4 is 17.6 Å². The van der Waals surface area contributed by atoms with Crippen molar-refractivity contribution in [2.75, 3.05) is 25.6 Å². The lowest BCUT2D eigenvalue weighted by molar-refractivity contribution is -0.123. The van der Waals surface area contributed by atoms with Gasteiger partial charge in [-0.25, -0.2) is 4.79 Å². The fourth-order valence-corrected chi connectivity index (χ4v) is 2.85. The van der Waals surface area contributed by atoms with Gasteiger partial charge in [-0.2, -0.15) is 0 Å². The highest BCUT2D eigenvalue weighted by molar-refractivity contribution is 5.97. The topological polar surface area (TPSA) is 83.1 Å². The van der Waals surface area contributed by atoms with Crippen LogP contribution < -0.4 is 14.8 Å². The third kappa shape index (κ3) is 5.96. The monoisotopic (exact) mass is 399 g/mol. The maximum atomic E-state index is 12.3. The number of ether oxygens (including phenoxy) is 4. The van der Waals surface area contributed by atoms with E-state index < -0.39 is 18.0 Å². The molecule has 7 heteroatoms.